The Morgan fingerprint density at radius 3 is 2.68 bits per heavy atom. The van der Waals surface area contributed by atoms with Gasteiger partial charge < -0.3 is 31.2 Å². The Labute approximate surface area is 223 Å². The molecule has 1 amide bonds. The van der Waals surface area contributed by atoms with Crippen molar-refractivity contribution in [3.63, 3.8) is 0 Å². The van der Waals surface area contributed by atoms with Crippen LogP contribution in [0.3, 0.4) is 0 Å². The molecule has 1 aliphatic rings. The maximum Gasteiger partial charge on any atom is 0.240 e. The number of nitrogens with one attached hydrogen (secondary N) is 2. The molecular formula is C26H36N6O5S. The molecular weight excluding hydrogens is 508 g/mol. The van der Waals surface area contributed by atoms with Gasteiger partial charge in [0.05, 0.1) is 25.4 Å². The first-order valence-electron chi connectivity index (χ1n) is 12.4. The van der Waals surface area contributed by atoms with Crippen LogP contribution < -0.4 is 31.1 Å². The second-order valence-electron chi connectivity index (χ2n) is 9.23. The third-order valence-corrected chi connectivity index (χ3v) is 7.59. The first-order chi connectivity index (χ1) is 18.2. The number of carbonyl (C=O) groups excluding carboxylic acids is 2. The molecule has 0 fully saturated rings. The molecule has 12 heteroatoms. The predicted molar refractivity (Wildman–Crippen MR) is 147 cm³/mol. The Balaban J connectivity index is 1.72. The highest BCUT2D eigenvalue weighted by atomic mass is 32.2. The Kier molecular flexibility index (Phi) is 10.5. The number of nitrogens with two attached hydrogens (primary N) is 2. The molecule has 0 saturated heterocycles. The molecule has 1 aliphatic heterocycles. The van der Waals surface area contributed by atoms with E-state index in [1.807, 2.05) is 29.2 Å². The van der Waals surface area contributed by atoms with Crippen LogP contribution in [-0.2, 0) is 31.8 Å². The third kappa shape index (κ3) is 9.03. The van der Waals surface area contributed by atoms with Crippen molar-refractivity contribution in [1.29, 1.82) is 0 Å². The van der Waals surface area contributed by atoms with E-state index in [0.29, 0.717) is 49.8 Å². The number of amides is 1. The van der Waals surface area contributed by atoms with Gasteiger partial charge in [-0.15, -0.1) is 0 Å². The number of hydrogen-bond donors (Lipinski definition) is 4. The van der Waals surface area contributed by atoms with Crippen molar-refractivity contribution in [3.05, 3.63) is 59.7 Å². The number of sulfonamides is 1. The van der Waals surface area contributed by atoms with Crippen LogP contribution in [0.2, 0.25) is 0 Å². The lowest BCUT2D eigenvalue weighted by molar-refractivity contribution is -0.123. The molecule has 6 N–H and O–H groups in total. The average Bonchev–Trinajstić information content (AvgIpc) is 3.04. The number of hydrogen-bond acceptors (Lipinski definition) is 7. The van der Waals surface area contributed by atoms with Crippen molar-refractivity contribution < 1.29 is 22.7 Å². The van der Waals surface area contributed by atoms with Crippen LogP contribution in [0, 0.1) is 0 Å². The molecule has 1 heterocycles. The number of fused-ring (bicyclic) bond motifs is 1. The molecule has 0 saturated carbocycles. The van der Waals surface area contributed by atoms with Gasteiger partial charge in [0.25, 0.3) is 0 Å². The van der Waals surface area contributed by atoms with Gasteiger partial charge in [-0.2, -0.15) is 0 Å². The maximum atomic E-state index is 13.0. The number of guanidine groups is 1. The summed E-state index contributed by atoms with van der Waals surface area (Å²) in [5, 5.41) is 2.75. The molecule has 2 atom stereocenters. The van der Waals surface area contributed by atoms with Crippen molar-refractivity contribution in [2.45, 2.75) is 43.5 Å². The van der Waals surface area contributed by atoms with Gasteiger partial charge in [-0.3, -0.25) is 9.79 Å². The molecule has 206 valence electrons. The standard InChI is InChI=1S/C26H36N6O5S/c1-37-23-11-12-24-20(14-23)9-10-21(31-38(35,36)18-19-6-3-2-4-7-19)15-32(24)16-25(34)30-22(17-33)8-5-13-29-26(27)28/h2-4,6-7,11-12,14,17,21-22,31H,5,8-10,13,15-16,18H2,1H3,(H,30,34)(H4,27,28,29)/t21-,22+/m1/s1. The molecule has 0 unspecified atom stereocenters. The fourth-order valence-electron chi connectivity index (χ4n) is 4.44. The maximum absolute atomic E-state index is 13.0. The summed E-state index contributed by atoms with van der Waals surface area (Å²) >= 11 is 0. The lowest BCUT2D eigenvalue weighted by Gasteiger charge is -2.28. The zero-order valence-corrected chi connectivity index (χ0v) is 22.3. The molecule has 0 spiro atoms. The summed E-state index contributed by atoms with van der Waals surface area (Å²) in [7, 11) is -2.04. The molecule has 2 aromatic carbocycles. The zero-order valence-electron chi connectivity index (χ0n) is 21.5. The third-order valence-electron chi connectivity index (χ3n) is 6.19. The minimum Gasteiger partial charge on any atom is -0.497 e. The first kappa shape index (κ1) is 28.9. The van der Waals surface area contributed by atoms with Crippen LogP contribution in [-0.4, -0.2) is 65.4 Å². The Morgan fingerprint density at radius 1 is 1.24 bits per heavy atom. The summed E-state index contributed by atoms with van der Waals surface area (Å²) in [6.45, 7) is 0.597. The number of aliphatic imine (C=N–C) groups is 1. The highest BCUT2D eigenvalue weighted by molar-refractivity contribution is 7.88. The van der Waals surface area contributed by atoms with Crippen LogP contribution in [0.5, 0.6) is 5.75 Å². The molecule has 0 bridgehead atoms. The van der Waals surface area contributed by atoms with Crippen molar-refractivity contribution in [1.82, 2.24) is 10.0 Å². The largest absolute Gasteiger partial charge is 0.497 e. The van der Waals surface area contributed by atoms with Gasteiger partial charge in [-0.25, -0.2) is 13.1 Å². The summed E-state index contributed by atoms with van der Waals surface area (Å²) in [5.74, 6) is 0.172. The fourth-order valence-corrected chi connectivity index (χ4v) is 5.85. The van der Waals surface area contributed by atoms with Gasteiger partial charge in [-0.1, -0.05) is 30.3 Å². The normalized spacial score (nSPS) is 16.0. The monoisotopic (exact) mass is 544 g/mol. The summed E-state index contributed by atoms with van der Waals surface area (Å²) < 4.78 is 34.1. The number of nitrogens with zero attached hydrogens (tertiary/aromatic N) is 2. The average molecular weight is 545 g/mol. The van der Waals surface area contributed by atoms with Crippen LogP contribution in [0.15, 0.2) is 53.5 Å². The van der Waals surface area contributed by atoms with E-state index in [2.05, 4.69) is 15.0 Å². The summed E-state index contributed by atoms with van der Waals surface area (Å²) in [6.07, 6.45) is 2.76. The van der Waals surface area contributed by atoms with Crippen LogP contribution in [0.4, 0.5) is 5.69 Å². The highest BCUT2D eigenvalue weighted by Crippen LogP contribution is 2.30. The quantitative estimate of drug-likeness (QED) is 0.123. The van der Waals surface area contributed by atoms with Crippen molar-refractivity contribution >= 4 is 33.9 Å². The summed E-state index contributed by atoms with van der Waals surface area (Å²) in [4.78, 5) is 30.2. The minimum absolute atomic E-state index is 0.0258. The molecule has 0 aromatic heterocycles. The zero-order chi connectivity index (χ0) is 27.5. The van der Waals surface area contributed by atoms with Crippen LogP contribution in [0.1, 0.15) is 30.4 Å². The van der Waals surface area contributed by atoms with Gasteiger partial charge in [0.15, 0.2) is 5.96 Å². The van der Waals surface area contributed by atoms with E-state index >= 15 is 0 Å². The Bertz CT molecular complexity index is 1220. The van der Waals surface area contributed by atoms with Crippen molar-refractivity contribution in [2.75, 3.05) is 31.6 Å². The van der Waals surface area contributed by atoms with Crippen molar-refractivity contribution in [3.8, 4) is 5.75 Å². The molecule has 0 radical (unpaired) electrons. The predicted octanol–water partition coefficient (Wildman–Crippen LogP) is 0.673. The van der Waals surface area contributed by atoms with E-state index in [1.54, 1.807) is 31.4 Å². The van der Waals surface area contributed by atoms with Crippen LogP contribution in [0.25, 0.3) is 0 Å². The number of ether oxygens (including phenoxy) is 1. The van der Waals surface area contributed by atoms with E-state index in [1.165, 1.54) is 0 Å². The second-order valence-corrected chi connectivity index (χ2v) is 11.0. The molecule has 2 aromatic rings. The number of methoxy groups -OCH3 is 1. The van der Waals surface area contributed by atoms with E-state index in [-0.39, 0.29) is 30.7 Å². The topological polar surface area (TPSA) is 169 Å². The lowest BCUT2D eigenvalue weighted by atomic mass is 10.1. The van der Waals surface area contributed by atoms with E-state index in [4.69, 9.17) is 16.2 Å². The van der Waals surface area contributed by atoms with E-state index in [9.17, 15) is 18.0 Å². The second kappa shape index (κ2) is 13.8. The number of rotatable bonds is 13. The van der Waals surface area contributed by atoms with Gasteiger partial charge in [0.1, 0.15) is 12.0 Å². The fraction of sp³-hybridized carbons (Fsp3) is 0.423. The lowest BCUT2D eigenvalue weighted by Crippen LogP contribution is -2.48. The summed E-state index contributed by atoms with van der Waals surface area (Å²) in [5.41, 5.74) is 13.1. The highest BCUT2D eigenvalue weighted by Gasteiger charge is 2.27. The smallest absolute Gasteiger partial charge is 0.240 e. The van der Waals surface area contributed by atoms with Crippen molar-refractivity contribution in [2.24, 2.45) is 16.5 Å². The van der Waals surface area contributed by atoms with Crippen LogP contribution >= 0.6 is 0 Å². The summed E-state index contributed by atoms with van der Waals surface area (Å²) in [6, 6.07) is 13.5. The number of aryl methyl sites for hydroxylation is 1. The van der Waals surface area contributed by atoms with Gasteiger partial charge >= 0.3 is 0 Å². The van der Waals surface area contributed by atoms with Gasteiger partial charge in [0, 0.05) is 24.8 Å². The Hall–Kier alpha value is -3.64. The number of carbonyl (C=O) groups is 2. The SMILES string of the molecule is COc1ccc2c(c1)CC[C@@H](NS(=O)(=O)Cc1ccccc1)CN2CC(=O)N[C@H](C=O)CCCN=C(N)N. The minimum atomic E-state index is -3.62. The van der Waals surface area contributed by atoms with Gasteiger partial charge in [-0.05, 0) is 55.0 Å². The number of anilines is 1. The number of benzene rings is 2. The Morgan fingerprint density at radius 2 is 2.00 bits per heavy atom. The van der Waals surface area contributed by atoms with E-state index < -0.39 is 22.1 Å². The first-order valence-corrected chi connectivity index (χ1v) is 14.1. The van der Waals surface area contributed by atoms with Gasteiger partial charge in [0.2, 0.25) is 15.9 Å². The molecule has 3 rings (SSSR count). The van der Waals surface area contributed by atoms with E-state index in [0.717, 1.165) is 11.3 Å². The molecule has 11 nitrogen and oxygen atoms in total. The molecule has 0 aliphatic carbocycles. The number of aldehydes is 1. The molecule has 38 heavy (non-hydrogen) atoms.